The number of carbonyl (C=O) groups excluding carboxylic acids is 2. The molecule has 8 heteroatoms. The standard InChI is InChI=1S/C25H27FN4O3/c1-25(33)14-30(13-16-3-2-9-27-16)10-8-20(25)18-4-6-21-19(23(18)26)11-15(12-28-21)17-5-7-22(31)29-24(17)32/h2-4,6,9,11-12,17,20,27,33H,5,7-8,10,13-14H2,1H3,(H,29,31,32). The molecule has 2 amide bonds. The van der Waals surface area contributed by atoms with E-state index < -0.39 is 17.3 Å². The monoisotopic (exact) mass is 450 g/mol. The van der Waals surface area contributed by atoms with Crippen molar-refractivity contribution in [2.75, 3.05) is 13.1 Å². The molecule has 2 aliphatic rings. The second kappa shape index (κ2) is 8.35. The first-order valence-electron chi connectivity index (χ1n) is 11.3. The molecule has 1 aromatic carbocycles. The summed E-state index contributed by atoms with van der Waals surface area (Å²) >= 11 is 0. The number of hydrogen-bond acceptors (Lipinski definition) is 5. The van der Waals surface area contributed by atoms with Crippen LogP contribution in [0, 0.1) is 5.82 Å². The van der Waals surface area contributed by atoms with Gasteiger partial charge in [-0.3, -0.25) is 24.8 Å². The van der Waals surface area contributed by atoms with Crippen LogP contribution >= 0.6 is 0 Å². The van der Waals surface area contributed by atoms with Gasteiger partial charge in [0, 0.05) is 48.9 Å². The molecular formula is C25H27FN4O3. The maximum atomic E-state index is 15.8. The fourth-order valence-electron chi connectivity index (χ4n) is 5.27. The molecule has 0 spiro atoms. The number of aromatic nitrogens is 2. The lowest BCUT2D eigenvalue weighted by molar-refractivity contribution is -0.134. The zero-order valence-electron chi connectivity index (χ0n) is 18.5. The van der Waals surface area contributed by atoms with Gasteiger partial charge in [-0.1, -0.05) is 6.07 Å². The van der Waals surface area contributed by atoms with Gasteiger partial charge in [-0.05, 0) is 61.7 Å². The summed E-state index contributed by atoms with van der Waals surface area (Å²) in [4.78, 5) is 33.5. The van der Waals surface area contributed by atoms with E-state index in [-0.39, 0.29) is 24.2 Å². The Labute approximate surface area is 191 Å². The summed E-state index contributed by atoms with van der Waals surface area (Å²) in [6, 6.07) is 9.11. The van der Waals surface area contributed by atoms with Crippen LogP contribution in [-0.4, -0.2) is 50.5 Å². The van der Waals surface area contributed by atoms with E-state index in [1.54, 1.807) is 31.3 Å². The summed E-state index contributed by atoms with van der Waals surface area (Å²) in [5.74, 6) is -1.95. The average Bonchev–Trinajstić information content (AvgIpc) is 3.27. The maximum absolute atomic E-state index is 15.8. The largest absolute Gasteiger partial charge is 0.388 e. The highest BCUT2D eigenvalue weighted by Crippen LogP contribution is 2.39. The fraction of sp³-hybridized carbons (Fsp3) is 0.400. The SMILES string of the molecule is CC1(O)CN(Cc2ccc[nH]2)CCC1c1ccc2ncc(C3CCC(=O)NC3=O)cc2c1F. The Balaban J connectivity index is 1.43. The van der Waals surface area contributed by atoms with Gasteiger partial charge in [0.05, 0.1) is 17.0 Å². The number of hydrogen-bond donors (Lipinski definition) is 3. The van der Waals surface area contributed by atoms with Crippen LogP contribution in [0.15, 0.2) is 42.7 Å². The van der Waals surface area contributed by atoms with Crippen LogP contribution < -0.4 is 5.32 Å². The van der Waals surface area contributed by atoms with Crippen molar-refractivity contribution in [3.63, 3.8) is 0 Å². The van der Waals surface area contributed by atoms with Crippen molar-refractivity contribution in [2.24, 2.45) is 0 Å². The molecule has 3 N–H and O–H groups in total. The molecule has 7 nitrogen and oxygen atoms in total. The summed E-state index contributed by atoms with van der Waals surface area (Å²) in [7, 11) is 0. The Hall–Kier alpha value is -3.10. The van der Waals surface area contributed by atoms with Crippen LogP contribution in [0.1, 0.15) is 54.8 Å². The normalized spacial score (nSPS) is 26.5. The number of piperidine rings is 2. The minimum Gasteiger partial charge on any atom is -0.388 e. The maximum Gasteiger partial charge on any atom is 0.234 e. The van der Waals surface area contributed by atoms with Gasteiger partial charge >= 0.3 is 0 Å². The third kappa shape index (κ3) is 4.16. The van der Waals surface area contributed by atoms with E-state index in [1.807, 2.05) is 18.3 Å². The fourth-order valence-corrected chi connectivity index (χ4v) is 5.27. The van der Waals surface area contributed by atoms with Crippen LogP contribution in [-0.2, 0) is 16.1 Å². The number of H-pyrrole nitrogens is 1. The molecule has 2 aromatic heterocycles. The summed E-state index contributed by atoms with van der Waals surface area (Å²) in [5, 5.41) is 14.0. The molecule has 4 heterocycles. The van der Waals surface area contributed by atoms with Crippen molar-refractivity contribution in [2.45, 2.75) is 50.2 Å². The van der Waals surface area contributed by atoms with Crippen LogP contribution in [0.25, 0.3) is 10.9 Å². The van der Waals surface area contributed by atoms with Gasteiger partial charge in [-0.15, -0.1) is 0 Å². The van der Waals surface area contributed by atoms with Crippen molar-refractivity contribution in [1.29, 1.82) is 0 Å². The van der Waals surface area contributed by atoms with Crippen LogP contribution in [0.5, 0.6) is 0 Å². The zero-order chi connectivity index (χ0) is 23.2. The molecule has 2 saturated heterocycles. The third-order valence-electron chi connectivity index (χ3n) is 6.95. The number of likely N-dealkylation sites (tertiary alicyclic amines) is 1. The number of aromatic amines is 1. The molecule has 0 bridgehead atoms. The van der Waals surface area contributed by atoms with E-state index in [1.165, 1.54) is 0 Å². The summed E-state index contributed by atoms with van der Waals surface area (Å²) in [6.45, 7) is 3.64. The molecule has 172 valence electrons. The van der Waals surface area contributed by atoms with E-state index in [9.17, 15) is 14.7 Å². The van der Waals surface area contributed by atoms with Gasteiger partial charge in [0.15, 0.2) is 0 Å². The molecule has 5 rings (SSSR count). The minimum atomic E-state index is -1.10. The highest BCUT2D eigenvalue weighted by atomic mass is 19.1. The second-order valence-electron chi connectivity index (χ2n) is 9.41. The molecule has 33 heavy (non-hydrogen) atoms. The Morgan fingerprint density at radius 3 is 2.85 bits per heavy atom. The number of rotatable bonds is 4. The minimum absolute atomic E-state index is 0.251. The number of nitrogens with zero attached hydrogens (tertiary/aromatic N) is 2. The number of amides is 2. The van der Waals surface area contributed by atoms with E-state index in [4.69, 9.17) is 0 Å². The van der Waals surface area contributed by atoms with E-state index in [2.05, 4.69) is 20.2 Å². The van der Waals surface area contributed by atoms with Crippen molar-refractivity contribution in [3.8, 4) is 0 Å². The molecule has 3 aromatic rings. The Kier molecular flexibility index (Phi) is 5.50. The van der Waals surface area contributed by atoms with Gasteiger partial charge in [-0.2, -0.15) is 0 Å². The van der Waals surface area contributed by atoms with Gasteiger partial charge < -0.3 is 10.1 Å². The van der Waals surface area contributed by atoms with E-state index in [0.717, 1.165) is 12.2 Å². The Morgan fingerprint density at radius 1 is 1.27 bits per heavy atom. The number of aliphatic hydroxyl groups is 1. The Morgan fingerprint density at radius 2 is 2.12 bits per heavy atom. The topological polar surface area (TPSA) is 98.3 Å². The lowest BCUT2D eigenvalue weighted by Crippen LogP contribution is -2.50. The van der Waals surface area contributed by atoms with Crippen LogP contribution in [0.2, 0.25) is 0 Å². The molecule has 3 unspecified atom stereocenters. The molecule has 2 aliphatic heterocycles. The number of nitrogens with one attached hydrogen (secondary N) is 2. The smallest absolute Gasteiger partial charge is 0.234 e. The van der Waals surface area contributed by atoms with Crippen molar-refractivity contribution >= 4 is 22.7 Å². The van der Waals surface area contributed by atoms with Crippen molar-refractivity contribution in [1.82, 2.24) is 20.2 Å². The average molecular weight is 451 g/mol. The number of benzene rings is 1. The summed E-state index contributed by atoms with van der Waals surface area (Å²) in [6.07, 6.45) is 4.71. The lowest BCUT2D eigenvalue weighted by atomic mass is 9.77. The first-order chi connectivity index (χ1) is 15.8. The molecular weight excluding hydrogens is 423 g/mol. The van der Waals surface area contributed by atoms with Crippen molar-refractivity contribution in [3.05, 3.63) is 65.4 Å². The first-order valence-corrected chi connectivity index (χ1v) is 11.3. The van der Waals surface area contributed by atoms with E-state index >= 15 is 4.39 Å². The van der Waals surface area contributed by atoms with Crippen LogP contribution in [0.3, 0.4) is 0 Å². The summed E-state index contributed by atoms with van der Waals surface area (Å²) in [5.41, 5.74) is 1.53. The first kappa shape index (κ1) is 21.7. The number of pyridine rings is 1. The van der Waals surface area contributed by atoms with Gasteiger partial charge in [0.2, 0.25) is 11.8 Å². The van der Waals surface area contributed by atoms with Crippen molar-refractivity contribution < 1.29 is 19.1 Å². The summed E-state index contributed by atoms with van der Waals surface area (Å²) < 4.78 is 15.8. The highest BCUT2D eigenvalue weighted by molar-refractivity contribution is 6.01. The predicted molar refractivity (Wildman–Crippen MR) is 121 cm³/mol. The number of fused-ring (bicyclic) bond motifs is 1. The zero-order valence-corrected chi connectivity index (χ0v) is 18.5. The molecule has 0 saturated carbocycles. The number of imide groups is 1. The Bertz CT molecular complexity index is 1210. The van der Waals surface area contributed by atoms with Crippen LogP contribution in [0.4, 0.5) is 4.39 Å². The van der Waals surface area contributed by atoms with Gasteiger partial charge in [0.25, 0.3) is 0 Å². The van der Waals surface area contributed by atoms with E-state index in [0.29, 0.717) is 48.0 Å². The molecule has 0 radical (unpaired) electrons. The number of halogens is 1. The lowest BCUT2D eigenvalue weighted by Gasteiger charge is -2.43. The second-order valence-corrected chi connectivity index (χ2v) is 9.41. The highest BCUT2D eigenvalue weighted by Gasteiger charge is 2.40. The molecule has 0 aliphatic carbocycles. The number of β-amino-alcohol motifs (C(OH)–C–C–N with tert-alkyl or cyclic N) is 1. The number of carbonyl (C=O) groups is 2. The third-order valence-corrected chi connectivity index (χ3v) is 6.95. The predicted octanol–water partition coefficient (Wildman–Crippen LogP) is 2.96. The molecule has 3 atom stereocenters. The van der Waals surface area contributed by atoms with Gasteiger partial charge in [-0.25, -0.2) is 4.39 Å². The van der Waals surface area contributed by atoms with Gasteiger partial charge in [0.1, 0.15) is 5.82 Å². The molecule has 2 fully saturated rings. The quantitative estimate of drug-likeness (QED) is 0.531.